The number of nitrogens with one attached hydrogen (secondary N) is 2. The molecule has 0 aliphatic heterocycles. The minimum Gasteiger partial charge on any atom is -0.444 e. The molecule has 16 heavy (non-hydrogen) atoms. The second kappa shape index (κ2) is 6.00. The van der Waals surface area contributed by atoms with Gasteiger partial charge in [0.1, 0.15) is 5.60 Å². The van der Waals surface area contributed by atoms with E-state index in [1.165, 1.54) is 0 Å². The number of ether oxygens (including phenoxy) is 1. The molecule has 0 aromatic rings. The fourth-order valence-electron chi connectivity index (χ4n) is 0.761. The van der Waals surface area contributed by atoms with Crippen LogP contribution in [-0.4, -0.2) is 18.7 Å². The minimum absolute atomic E-state index is 0.450. The van der Waals surface area contributed by atoms with E-state index in [1.54, 1.807) is 40.0 Å². The third-order valence-corrected chi connectivity index (χ3v) is 1.47. The molecule has 0 aromatic carbocycles. The predicted molar refractivity (Wildman–Crippen MR) is 65.8 cm³/mol. The van der Waals surface area contributed by atoms with Crippen LogP contribution in [0.4, 0.5) is 4.79 Å². The second-order valence-electron chi connectivity index (χ2n) is 4.26. The fourth-order valence-corrected chi connectivity index (χ4v) is 0.761. The first-order chi connectivity index (χ1) is 7.24. The molecule has 0 atom stereocenters. The van der Waals surface area contributed by atoms with Crippen molar-refractivity contribution in [3.63, 3.8) is 0 Å². The van der Waals surface area contributed by atoms with Crippen LogP contribution in [0.1, 0.15) is 20.8 Å². The lowest BCUT2D eigenvalue weighted by molar-refractivity contribution is 0.0548. The maximum atomic E-state index is 11.3. The van der Waals surface area contributed by atoms with Crippen molar-refractivity contribution in [2.75, 3.05) is 7.05 Å². The van der Waals surface area contributed by atoms with Crippen LogP contribution in [0.5, 0.6) is 0 Å². The van der Waals surface area contributed by atoms with E-state index >= 15 is 0 Å². The van der Waals surface area contributed by atoms with Crippen molar-refractivity contribution in [1.82, 2.24) is 10.6 Å². The average molecular weight is 224 g/mol. The van der Waals surface area contributed by atoms with Crippen molar-refractivity contribution in [3.05, 3.63) is 36.7 Å². The Morgan fingerprint density at radius 3 is 2.12 bits per heavy atom. The largest absolute Gasteiger partial charge is 0.444 e. The Labute approximate surface area is 97.1 Å². The molecule has 0 heterocycles. The van der Waals surface area contributed by atoms with Crippen molar-refractivity contribution in [2.45, 2.75) is 26.4 Å². The quantitative estimate of drug-likeness (QED) is 0.720. The topological polar surface area (TPSA) is 50.4 Å². The first kappa shape index (κ1) is 14.3. The number of carbonyl (C=O) groups is 1. The molecule has 4 heteroatoms. The van der Waals surface area contributed by atoms with Gasteiger partial charge in [0, 0.05) is 18.4 Å². The van der Waals surface area contributed by atoms with Crippen molar-refractivity contribution in [1.29, 1.82) is 0 Å². The number of alkyl carbamates (subject to hydrolysis) is 1. The monoisotopic (exact) mass is 224 g/mol. The number of amides is 1. The van der Waals surface area contributed by atoms with Crippen LogP contribution in [0.15, 0.2) is 36.7 Å². The lowest BCUT2D eigenvalue weighted by atomic mass is 10.2. The van der Waals surface area contributed by atoms with Crippen LogP contribution in [0.25, 0.3) is 0 Å². The highest BCUT2D eigenvalue weighted by atomic mass is 16.6. The predicted octanol–water partition coefficient (Wildman–Crippen LogP) is 2.31. The minimum atomic E-state index is -0.516. The van der Waals surface area contributed by atoms with Crippen molar-refractivity contribution < 1.29 is 9.53 Å². The molecule has 0 bridgehead atoms. The van der Waals surface area contributed by atoms with Crippen molar-refractivity contribution in [2.24, 2.45) is 0 Å². The van der Waals surface area contributed by atoms with E-state index in [1.807, 2.05) is 0 Å². The van der Waals surface area contributed by atoms with Gasteiger partial charge >= 0.3 is 6.09 Å². The maximum absolute atomic E-state index is 11.3. The fraction of sp³-hybridized carbons (Fsp3) is 0.417. The van der Waals surface area contributed by atoms with Gasteiger partial charge in [0.25, 0.3) is 0 Å². The Bertz CT molecular complexity index is 311. The summed E-state index contributed by atoms with van der Waals surface area (Å²) in [4.78, 5) is 11.3. The Kier molecular flexibility index (Phi) is 5.36. The van der Waals surface area contributed by atoms with Gasteiger partial charge in [-0.15, -0.1) is 0 Å². The van der Waals surface area contributed by atoms with Gasteiger partial charge in [-0.3, -0.25) is 5.32 Å². The normalized spacial score (nSPS) is 11.0. The van der Waals surface area contributed by atoms with E-state index in [9.17, 15) is 4.79 Å². The summed E-state index contributed by atoms with van der Waals surface area (Å²) in [5.74, 6) is 0. The smallest absolute Gasteiger partial charge is 0.412 e. The molecule has 0 rings (SSSR count). The summed E-state index contributed by atoms with van der Waals surface area (Å²) in [5, 5.41) is 5.35. The van der Waals surface area contributed by atoms with Gasteiger partial charge in [0.2, 0.25) is 0 Å². The Morgan fingerprint density at radius 1 is 1.19 bits per heavy atom. The Balaban J connectivity index is 4.11. The zero-order valence-corrected chi connectivity index (χ0v) is 10.4. The Hall–Kier alpha value is -1.71. The summed E-state index contributed by atoms with van der Waals surface area (Å²) < 4.78 is 5.06. The first-order valence-electron chi connectivity index (χ1n) is 4.98. The molecule has 2 N–H and O–H groups in total. The van der Waals surface area contributed by atoms with Gasteiger partial charge < -0.3 is 10.1 Å². The zero-order chi connectivity index (χ0) is 12.8. The number of hydrogen-bond acceptors (Lipinski definition) is 3. The van der Waals surface area contributed by atoms with E-state index in [0.717, 1.165) is 5.70 Å². The molecule has 0 aliphatic rings. The lowest BCUT2D eigenvalue weighted by Crippen LogP contribution is -2.31. The van der Waals surface area contributed by atoms with E-state index in [4.69, 9.17) is 4.74 Å². The van der Waals surface area contributed by atoms with E-state index in [0.29, 0.717) is 5.70 Å². The van der Waals surface area contributed by atoms with Crippen LogP contribution in [-0.2, 0) is 4.74 Å². The van der Waals surface area contributed by atoms with Gasteiger partial charge in [-0.05, 0) is 32.9 Å². The van der Waals surface area contributed by atoms with Crippen LogP contribution in [0.3, 0.4) is 0 Å². The van der Waals surface area contributed by atoms with Crippen LogP contribution in [0, 0.1) is 0 Å². The standard InChI is InChI=1S/C12H20N2O2/c1-9(13-6)7-8-10(2)14-11(15)16-12(3,4)5/h7-8,13H,1-2H2,3-6H3,(H,14,15)/b8-7-. The van der Waals surface area contributed by atoms with Crippen LogP contribution in [0.2, 0.25) is 0 Å². The summed E-state index contributed by atoms with van der Waals surface area (Å²) in [6.07, 6.45) is 2.83. The summed E-state index contributed by atoms with van der Waals surface area (Å²) in [5.41, 5.74) is 0.667. The molecule has 90 valence electrons. The molecule has 0 spiro atoms. The molecule has 1 amide bonds. The molecule has 4 nitrogen and oxygen atoms in total. The molecule has 0 fully saturated rings. The maximum Gasteiger partial charge on any atom is 0.412 e. The number of carbonyl (C=O) groups excluding carboxylic acids is 1. The van der Waals surface area contributed by atoms with Crippen molar-refractivity contribution in [3.8, 4) is 0 Å². The SMILES string of the molecule is C=C(/C=C\C(=C)NC(=O)OC(C)(C)C)NC. The third kappa shape index (κ3) is 7.67. The van der Waals surface area contributed by atoms with E-state index in [2.05, 4.69) is 23.8 Å². The summed E-state index contributed by atoms with van der Waals surface area (Å²) in [6, 6.07) is 0. The number of allylic oxidation sites excluding steroid dienone is 2. The number of rotatable bonds is 4. The molecule has 0 unspecified atom stereocenters. The van der Waals surface area contributed by atoms with Gasteiger partial charge in [0.15, 0.2) is 0 Å². The van der Waals surface area contributed by atoms with E-state index in [-0.39, 0.29) is 0 Å². The molecule has 0 aliphatic carbocycles. The number of hydrogen-bond donors (Lipinski definition) is 2. The van der Waals surface area contributed by atoms with Gasteiger partial charge in [-0.2, -0.15) is 0 Å². The summed E-state index contributed by atoms with van der Waals surface area (Å²) in [6.45, 7) is 12.8. The van der Waals surface area contributed by atoms with Gasteiger partial charge in [-0.1, -0.05) is 13.2 Å². The molecule has 0 saturated heterocycles. The molecule has 0 aromatic heterocycles. The third-order valence-electron chi connectivity index (χ3n) is 1.47. The zero-order valence-electron chi connectivity index (χ0n) is 10.4. The molecular formula is C12H20N2O2. The van der Waals surface area contributed by atoms with Crippen LogP contribution >= 0.6 is 0 Å². The van der Waals surface area contributed by atoms with Gasteiger partial charge in [0.05, 0.1) is 0 Å². The molecule has 0 radical (unpaired) electrons. The average Bonchev–Trinajstić information content (AvgIpc) is 2.10. The van der Waals surface area contributed by atoms with Gasteiger partial charge in [-0.25, -0.2) is 4.79 Å². The highest BCUT2D eigenvalue weighted by Crippen LogP contribution is 2.07. The molecule has 0 saturated carbocycles. The molecular weight excluding hydrogens is 204 g/mol. The highest BCUT2D eigenvalue weighted by molar-refractivity contribution is 5.70. The van der Waals surface area contributed by atoms with Crippen molar-refractivity contribution >= 4 is 6.09 Å². The second-order valence-corrected chi connectivity index (χ2v) is 4.26. The number of likely N-dealkylation sites (N-methyl/N-ethyl adjacent to an activating group) is 1. The van der Waals surface area contributed by atoms with E-state index < -0.39 is 11.7 Å². The summed E-state index contributed by atoms with van der Waals surface area (Å²) in [7, 11) is 1.76. The summed E-state index contributed by atoms with van der Waals surface area (Å²) >= 11 is 0. The lowest BCUT2D eigenvalue weighted by Gasteiger charge is -2.19. The Morgan fingerprint density at radius 2 is 1.69 bits per heavy atom. The van der Waals surface area contributed by atoms with Crippen LogP contribution < -0.4 is 10.6 Å². The first-order valence-corrected chi connectivity index (χ1v) is 4.98. The highest BCUT2D eigenvalue weighted by Gasteiger charge is 2.15.